The van der Waals surface area contributed by atoms with Gasteiger partial charge in [0.2, 0.25) is 5.95 Å². The maximum atomic E-state index is 12.7. The fraction of sp³-hybridized carbons (Fsp3) is 0.462. The van der Waals surface area contributed by atoms with E-state index in [9.17, 15) is 9.90 Å². The van der Waals surface area contributed by atoms with Crippen LogP contribution in [0.4, 0.5) is 5.95 Å². The lowest BCUT2D eigenvalue weighted by atomic mass is 10.1. The summed E-state index contributed by atoms with van der Waals surface area (Å²) < 4.78 is 13.4. The van der Waals surface area contributed by atoms with Crippen LogP contribution in [0.15, 0.2) is 53.7 Å². The lowest BCUT2D eigenvalue weighted by Crippen LogP contribution is -2.41. The molecule has 2 fully saturated rings. The number of aliphatic hydroxyl groups excluding tert-OH is 1. The van der Waals surface area contributed by atoms with Gasteiger partial charge in [0.25, 0.3) is 5.56 Å². The number of ether oxygens (including phenoxy) is 2. The van der Waals surface area contributed by atoms with Crippen molar-refractivity contribution in [2.45, 2.75) is 25.0 Å². The second-order valence-electron chi connectivity index (χ2n) is 9.28. The molecule has 36 heavy (non-hydrogen) atoms. The van der Waals surface area contributed by atoms with Gasteiger partial charge in [-0.2, -0.15) is 0 Å². The zero-order chi connectivity index (χ0) is 24.9. The van der Waals surface area contributed by atoms with Gasteiger partial charge < -0.3 is 24.4 Å². The molecule has 3 aromatic rings. The standard InChI is InChI=1S/C26H32N6O4/c1-30-25(34)14-23(22-8-9-27-18-28-22)29-26(30)32-12-13-35-24(16-32)19-4-6-21(7-5-19)36-17-20(33)15-31-10-2-3-11-31/h4-9,14,18,20,24,33H,2-3,10-13,15-17H2,1H3/t20-,24+/m0/s1. The van der Waals surface area contributed by atoms with E-state index in [0.717, 1.165) is 18.7 Å². The maximum absolute atomic E-state index is 12.7. The molecule has 2 aliphatic rings. The molecule has 1 N–H and O–H groups in total. The Hall–Kier alpha value is -3.34. The summed E-state index contributed by atoms with van der Waals surface area (Å²) in [6.45, 7) is 4.73. The molecule has 0 bridgehead atoms. The molecule has 0 saturated carbocycles. The van der Waals surface area contributed by atoms with Crippen LogP contribution in [-0.2, 0) is 11.8 Å². The quantitative estimate of drug-likeness (QED) is 0.502. The van der Waals surface area contributed by atoms with Gasteiger partial charge in [0.15, 0.2) is 0 Å². The van der Waals surface area contributed by atoms with Gasteiger partial charge in [-0.1, -0.05) is 12.1 Å². The largest absolute Gasteiger partial charge is 0.491 e. The average molecular weight is 493 g/mol. The number of hydrogen-bond acceptors (Lipinski definition) is 9. The minimum atomic E-state index is -0.504. The first-order valence-electron chi connectivity index (χ1n) is 12.4. The number of hydrogen-bond donors (Lipinski definition) is 1. The highest BCUT2D eigenvalue weighted by Crippen LogP contribution is 2.27. The van der Waals surface area contributed by atoms with Crippen molar-refractivity contribution in [1.82, 2.24) is 24.4 Å². The molecule has 2 saturated heterocycles. The minimum Gasteiger partial charge on any atom is -0.491 e. The Morgan fingerprint density at radius 1 is 1.14 bits per heavy atom. The van der Waals surface area contributed by atoms with Gasteiger partial charge in [0.05, 0.1) is 24.5 Å². The highest BCUT2D eigenvalue weighted by atomic mass is 16.5. The van der Waals surface area contributed by atoms with Gasteiger partial charge in [-0.3, -0.25) is 9.36 Å². The number of anilines is 1. The van der Waals surface area contributed by atoms with E-state index >= 15 is 0 Å². The third kappa shape index (κ3) is 5.72. The van der Waals surface area contributed by atoms with Crippen molar-refractivity contribution in [3.05, 3.63) is 64.8 Å². The molecule has 2 aromatic heterocycles. The van der Waals surface area contributed by atoms with Crippen LogP contribution < -0.4 is 15.2 Å². The van der Waals surface area contributed by atoms with E-state index in [-0.39, 0.29) is 18.3 Å². The van der Waals surface area contributed by atoms with Crippen LogP contribution in [0.25, 0.3) is 11.4 Å². The summed E-state index contributed by atoms with van der Waals surface area (Å²) in [7, 11) is 1.73. The monoisotopic (exact) mass is 492 g/mol. The first kappa shape index (κ1) is 24.4. The highest BCUT2D eigenvalue weighted by molar-refractivity contribution is 5.55. The average Bonchev–Trinajstić information content (AvgIpc) is 3.43. The molecule has 0 aliphatic carbocycles. The molecule has 0 radical (unpaired) electrons. The van der Waals surface area contributed by atoms with Crippen molar-refractivity contribution in [3.8, 4) is 17.1 Å². The summed E-state index contributed by atoms with van der Waals surface area (Å²) in [5, 5.41) is 10.3. The predicted molar refractivity (Wildman–Crippen MR) is 135 cm³/mol. The summed E-state index contributed by atoms with van der Waals surface area (Å²) in [6.07, 6.45) is 4.81. The van der Waals surface area contributed by atoms with Gasteiger partial charge in [-0.15, -0.1) is 0 Å². The predicted octanol–water partition coefficient (Wildman–Crippen LogP) is 1.65. The van der Waals surface area contributed by atoms with E-state index in [1.54, 1.807) is 23.9 Å². The van der Waals surface area contributed by atoms with E-state index in [1.165, 1.54) is 25.2 Å². The Kier molecular flexibility index (Phi) is 7.55. The van der Waals surface area contributed by atoms with E-state index in [4.69, 9.17) is 14.5 Å². The van der Waals surface area contributed by atoms with Crippen molar-refractivity contribution in [3.63, 3.8) is 0 Å². The molecule has 5 rings (SSSR count). The summed E-state index contributed by atoms with van der Waals surface area (Å²) in [6, 6.07) is 11.0. The van der Waals surface area contributed by atoms with Gasteiger partial charge in [0, 0.05) is 32.4 Å². The number of likely N-dealkylation sites (tertiary alicyclic amines) is 1. The van der Waals surface area contributed by atoms with Crippen LogP contribution in [-0.4, -0.2) is 81.6 Å². The second kappa shape index (κ2) is 11.2. The Balaban J connectivity index is 1.24. The molecular weight excluding hydrogens is 460 g/mol. The van der Waals surface area contributed by atoms with Crippen LogP contribution in [0, 0.1) is 0 Å². The summed E-state index contributed by atoms with van der Waals surface area (Å²) in [5.41, 5.74) is 1.99. The number of morpholine rings is 1. The van der Waals surface area contributed by atoms with Crippen LogP contribution in [0.3, 0.4) is 0 Å². The number of nitrogens with zero attached hydrogens (tertiary/aromatic N) is 6. The molecule has 0 spiro atoms. The topological polar surface area (TPSA) is 106 Å². The Bertz CT molecular complexity index is 1200. The molecule has 4 heterocycles. The summed E-state index contributed by atoms with van der Waals surface area (Å²) >= 11 is 0. The van der Waals surface area contributed by atoms with E-state index < -0.39 is 6.10 Å². The Labute approximate surface area is 210 Å². The Morgan fingerprint density at radius 2 is 1.94 bits per heavy atom. The lowest BCUT2D eigenvalue weighted by molar-refractivity contribution is 0.0389. The zero-order valence-corrected chi connectivity index (χ0v) is 20.5. The fourth-order valence-corrected chi connectivity index (χ4v) is 4.70. The van der Waals surface area contributed by atoms with E-state index in [0.29, 0.717) is 49.3 Å². The lowest BCUT2D eigenvalue weighted by Gasteiger charge is -2.34. The van der Waals surface area contributed by atoms with Crippen molar-refractivity contribution in [2.75, 3.05) is 50.8 Å². The summed E-state index contributed by atoms with van der Waals surface area (Å²) in [5.74, 6) is 1.30. The Morgan fingerprint density at radius 3 is 2.69 bits per heavy atom. The molecule has 190 valence electrons. The first-order valence-corrected chi connectivity index (χ1v) is 12.4. The fourth-order valence-electron chi connectivity index (χ4n) is 4.70. The molecule has 0 unspecified atom stereocenters. The zero-order valence-electron chi connectivity index (χ0n) is 20.5. The van der Waals surface area contributed by atoms with Gasteiger partial charge in [-0.05, 0) is 49.7 Å². The SMILES string of the molecule is Cn1c(N2CCO[C@@H](c3ccc(OC[C@@H](O)CN4CCCC4)cc3)C2)nc(-c2ccncn2)cc1=O. The molecule has 10 nitrogen and oxygen atoms in total. The molecule has 2 atom stereocenters. The van der Waals surface area contributed by atoms with E-state index in [1.807, 2.05) is 24.3 Å². The van der Waals surface area contributed by atoms with Crippen LogP contribution in [0.2, 0.25) is 0 Å². The summed E-state index contributed by atoms with van der Waals surface area (Å²) in [4.78, 5) is 29.9. The van der Waals surface area contributed by atoms with Gasteiger partial charge in [0.1, 0.15) is 30.9 Å². The number of aromatic nitrogens is 4. The van der Waals surface area contributed by atoms with E-state index in [2.05, 4.69) is 19.8 Å². The third-order valence-electron chi connectivity index (χ3n) is 6.67. The molecule has 2 aliphatic heterocycles. The molecule has 10 heteroatoms. The van der Waals surface area contributed by atoms with Crippen LogP contribution in [0.5, 0.6) is 5.75 Å². The third-order valence-corrected chi connectivity index (χ3v) is 6.67. The van der Waals surface area contributed by atoms with Gasteiger partial charge >= 0.3 is 0 Å². The maximum Gasteiger partial charge on any atom is 0.255 e. The number of aliphatic hydroxyl groups is 1. The molecule has 1 aromatic carbocycles. The van der Waals surface area contributed by atoms with Crippen molar-refractivity contribution in [1.29, 1.82) is 0 Å². The van der Waals surface area contributed by atoms with Crippen molar-refractivity contribution < 1.29 is 14.6 Å². The number of β-amino-alcohol motifs (C(OH)–C–C–N with tert-alkyl or cyclic N) is 1. The first-order chi connectivity index (χ1) is 17.6. The molecule has 0 amide bonds. The number of benzene rings is 1. The number of rotatable bonds is 8. The van der Waals surface area contributed by atoms with Crippen LogP contribution in [0.1, 0.15) is 24.5 Å². The minimum absolute atomic E-state index is 0.148. The highest BCUT2D eigenvalue weighted by Gasteiger charge is 2.25. The van der Waals surface area contributed by atoms with Crippen molar-refractivity contribution >= 4 is 5.95 Å². The second-order valence-corrected chi connectivity index (χ2v) is 9.28. The molecular formula is C26H32N6O4. The van der Waals surface area contributed by atoms with Gasteiger partial charge in [-0.25, -0.2) is 15.0 Å². The normalized spacial score (nSPS) is 19.4. The van der Waals surface area contributed by atoms with Crippen molar-refractivity contribution in [2.24, 2.45) is 7.05 Å². The smallest absolute Gasteiger partial charge is 0.255 e. The van der Waals surface area contributed by atoms with Crippen LogP contribution >= 0.6 is 0 Å².